The van der Waals surface area contributed by atoms with Crippen molar-refractivity contribution in [2.24, 2.45) is 0 Å². The Kier molecular flexibility index (Phi) is 6.08. The monoisotopic (exact) mass is 501 g/mol. The highest BCUT2D eigenvalue weighted by molar-refractivity contribution is 7.81. The number of carbonyl (C=O) groups is 1. The van der Waals surface area contributed by atoms with E-state index in [4.69, 9.17) is 27.3 Å². The summed E-state index contributed by atoms with van der Waals surface area (Å²) >= 11 is 5.56. The molecule has 1 fully saturated rings. The van der Waals surface area contributed by atoms with Gasteiger partial charge in [0.25, 0.3) is 5.91 Å². The number of aliphatic hydroxyl groups is 1. The van der Waals surface area contributed by atoms with Gasteiger partial charge in [-0.25, -0.2) is 9.97 Å². The topological polar surface area (TPSA) is 103 Å². The molecular formula is C23H18F3N5O3S. The number of nitriles is 1. The predicted molar refractivity (Wildman–Crippen MR) is 125 cm³/mol. The van der Waals surface area contributed by atoms with E-state index in [1.165, 1.54) is 23.4 Å². The number of alkyl halides is 3. The molecule has 1 aliphatic rings. The third-order valence-electron chi connectivity index (χ3n) is 5.53. The Morgan fingerprint density at radius 2 is 1.89 bits per heavy atom. The van der Waals surface area contributed by atoms with Crippen LogP contribution in [0.25, 0.3) is 10.9 Å². The van der Waals surface area contributed by atoms with Crippen molar-refractivity contribution in [3.8, 4) is 11.9 Å². The second-order valence-corrected chi connectivity index (χ2v) is 8.47. The lowest BCUT2D eigenvalue weighted by Gasteiger charge is -2.29. The summed E-state index contributed by atoms with van der Waals surface area (Å²) in [5, 5.41) is 18.6. The molecule has 2 aromatic carbocycles. The number of hydrogen-bond acceptors (Lipinski definition) is 7. The molecule has 0 saturated carbocycles. The second-order valence-electron chi connectivity index (χ2n) is 8.11. The molecule has 1 aromatic heterocycles. The second kappa shape index (κ2) is 8.75. The van der Waals surface area contributed by atoms with E-state index in [2.05, 4.69) is 9.97 Å². The van der Waals surface area contributed by atoms with E-state index in [-0.39, 0.29) is 29.9 Å². The van der Waals surface area contributed by atoms with Gasteiger partial charge < -0.3 is 14.7 Å². The molecule has 0 spiro atoms. The number of ether oxygens (including phenoxy) is 1. The maximum absolute atomic E-state index is 13.5. The quantitative estimate of drug-likeness (QED) is 0.527. The van der Waals surface area contributed by atoms with Crippen LogP contribution in [-0.4, -0.2) is 44.8 Å². The number of nitrogens with zero attached hydrogens (tertiary/aromatic N) is 5. The molecule has 1 aliphatic heterocycles. The van der Waals surface area contributed by atoms with Crippen LogP contribution in [0.2, 0.25) is 0 Å². The molecule has 0 atom stereocenters. The van der Waals surface area contributed by atoms with E-state index >= 15 is 0 Å². The summed E-state index contributed by atoms with van der Waals surface area (Å²) in [5.74, 6) is -0.319. The number of aromatic nitrogens is 2. The van der Waals surface area contributed by atoms with Gasteiger partial charge in [-0.05, 0) is 62.5 Å². The van der Waals surface area contributed by atoms with Crippen molar-refractivity contribution in [1.82, 2.24) is 9.97 Å². The Balaban J connectivity index is 1.81. The summed E-state index contributed by atoms with van der Waals surface area (Å²) < 4.78 is 46.1. The van der Waals surface area contributed by atoms with E-state index in [0.717, 1.165) is 17.0 Å². The smallest absolute Gasteiger partial charge is 0.417 e. The molecular weight excluding hydrogens is 483 g/mol. The van der Waals surface area contributed by atoms with E-state index in [0.29, 0.717) is 16.6 Å². The lowest BCUT2D eigenvalue weighted by atomic mass is 10.0. The number of carbonyl (C=O) groups excluding carboxylic acids is 1. The lowest BCUT2D eigenvalue weighted by Crippen LogP contribution is -2.44. The zero-order chi connectivity index (χ0) is 25.5. The number of benzene rings is 2. The van der Waals surface area contributed by atoms with E-state index in [1.807, 2.05) is 0 Å². The van der Waals surface area contributed by atoms with Gasteiger partial charge in [0.05, 0.1) is 40.4 Å². The van der Waals surface area contributed by atoms with Gasteiger partial charge in [-0.2, -0.15) is 18.4 Å². The van der Waals surface area contributed by atoms with Gasteiger partial charge >= 0.3 is 6.18 Å². The molecule has 1 amide bonds. The first-order chi connectivity index (χ1) is 16.5. The molecule has 12 heteroatoms. The zero-order valence-corrected chi connectivity index (χ0v) is 19.3. The summed E-state index contributed by atoms with van der Waals surface area (Å²) in [5.41, 5.74) is -2.05. The van der Waals surface area contributed by atoms with Gasteiger partial charge in [0.1, 0.15) is 18.5 Å². The van der Waals surface area contributed by atoms with Crippen molar-refractivity contribution in [1.29, 1.82) is 5.26 Å². The molecule has 8 nitrogen and oxygen atoms in total. The van der Waals surface area contributed by atoms with Crippen LogP contribution in [0.15, 0.2) is 42.7 Å². The van der Waals surface area contributed by atoms with E-state index in [1.54, 1.807) is 32.0 Å². The normalized spacial score (nSPS) is 15.6. The summed E-state index contributed by atoms with van der Waals surface area (Å²) in [6.07, 6.45) is -3.47. The van der Waals surface area contributed by atoms with Crippen molar-refractivity contribution in [3.05, 3.63) is 53.9 Å². The van der Waals surface area contributed by atoms with Gasteiger partial charge in [-0.3, -0.25) is 9.69 Å². The summed E-state index contributed by atoms with van der Waals surface area (Å²) in [4.78, 5) is 24.2. The zero-order valence-electron chi connectivity index (χ0n) is 18.5. The first-order valence-corrected chi connectivity index (χ1v) is 10.7. The average molecular weight is 501 g/mol. The van der Waals surface area contributed by atoms with Crippen LogP contribution < -0.4 is 14.5 Å². The largest absolute Gasteiger partial charge is 0.475 e. The number of fused-ring (bicyclic) bond motifs is 1. The van der Waals surface area contributed by atoms with Crippen molar-refractivity contribution < 1.29 is 27.8 Å². The van der Waals surface area contributed by atoms with Gasteiger partial charge in [-0.1, -0.05) is 0 Å². The van der Waals surface area contributed by atoms with Crippen LogP contribution in [0, 0.1) is 11.3 Å². The number of hydrogen-bond donors (Lipinski definition) is 1. The standard InChI is InChI=1S/C23H18F3N5O3S/c1-22(2)20(33)30(14-4-3-13(11-27)17(10-14)23(24,25)26)21(35)31(22)15-5-6-18-16(9-15)19(29-12-28-18)34-8-7-32/h3-6,9-10,12,32H,7-8H2,1-2H3. The first kappa shape index (κ1) is 24.3. The Morgan fingerprint density at radius 1 is 1.17 bits per heavy atom. The fraction of sp³-hybridized carbons (Fsp3) is 0.261. The number of thiocarbonyl (C=S) groups is 1. The molecule has 3 aromatic rings. The predicted octanol–water partition coefficient (Wildman–Crippen LogP) is 3.81. The third kappa shape index (κ3) is 4.13. The van der Waals surface area contributed by atoms with Crippen LogP contribution >= 0.6 is 12.2 Å². The van der Waals surface area contributed by atoms with Crippen LogP contribution in [-0.2, 0) is 11.0 Å². The third-order valence-corrected chi connectivity index (χ3v) is 5.89. The molecule has 0 radical (unpaired) electrons. The van der Waals surface area contributed by atoms with Crippen molar-refractivity contribution in [2.75, 3.05) is 23.0 Å². The number of anilines is 2. The van der Waals surface area contributed by atoms with Gasteiger partial charge in [0, 0.05) is 5.69 Å². The SMILES string of the molecule is CC1(C)C(=O)N(c2ccc(C#N)c(C(F)(F)F)c2)C(=S)N1c1ccc2ncnc(OCCO)c2c1. The summed E-state index contributed by atoms with van der Waals surface area (Å²) in [6, 6.07) is 9.55. The molecule has 2 heterocycles. The highest BCUT2D eigenvalue weighted by Crippen LogP contribution is 2.40. The average Bonchev–Trinajstić information content (AvgIpc) is 2.99. The molecule has 1 saturated heterocycles. The minimum atomic E-state index is -4.79. The Labute approximate surface area is 203 Å². The summed E-state index contributed by atoms with van der Waals surface area (Å²) in [6.45, 7) is 2.99. The highest BCUT2D eigenvalue weighted by Gasteiger charge is 2.50. The molecule has 0 bridgehead atoms. The number of aliphatic hydroxyl groups excluding tert-OH is 1. The molecule has 0 aliphatic carbocycles. The molecule has 35 heavy (non-hydrogen) atoms. The van der Waals surface area contributed by atoms with E-state index < -0.39 is 28.7 Å². The minimum Gasteiger partial charge on any atom is -0.475 e. The van der Waals surface area contributed by atoms with E-state index in [9.17, 15) is 18.0 Å². The summed E-state index contributed by atoms with van der Waals surface area (Å²) in [7, 11) is 0. The number of amides is 1. The number of halogens is 3. The maximum atomic E-state index is 13.5. The van der Waals surface area contributed by atoms with Crippen molar-refractivity contribution in [2.45, 2.75) is 25.6 Å². The fourth-order valence-corrected chi connectivity index (χ4v) is 4.40. The molecule has 4 rings (SSSR count). The van der Waals surface area contributed by atoms with Crippen LogP contribution in [0.1, 0.15) is 25.0 Å². The Hall–Kier alpha value is -3.82. The Bertz CT molecular complexity index is 1390. The molecule has 1 N–H and O–H groups in total. The van der Waals surface area contributed by atoms with Crippen LogP contribution in [0.5, 0.6) is 5.88 Å². The first-order valence-electron chi connectivity index (χ1n) is 10.3. The van der Waals surface area contributed by atoms with Gasteiger partial charge in [0.2, 0.25) is 5.88 Å². The molecule has 180 valence electrons. The fourth-order valence-electron chi connectivity index (χ4n) is 3.88. The van der Waals surface area contributed by atoms with Crippen LogP contribution in [0.3, 0.4) is 0 Å². The van der Waals surface area contributed by atoms with Crippen molar-refractivity contribution in [3.63, 3.8) is 0 Å². The number of rotatable bonds is 5. The lowest BCUT2D eigenvalue weighted by molar-refractivity contribution is -0.137. The minimum absolute atomic E-state index is 0.0104. The van der Waals surface area contributed by atoms with Crippen LogP contribution in [0.4, 0.5) is 24.5 Å². The highest BCUT2D eigenvalue weighted by atomic mass is 32.1. The van der Waals surface area contributed by atoms with Gasteiger partial charge in [-0.15, -0.1) is 0 Å². The van der Waals surface area contributed by atoms with Gasteiger partial charge in [0.15, 0.2) is 5.11 Å². The Morgan fingerprint density at radius 3 is 2.54 bits per heavy atom. The maximum Gasteiger partial charge on any atom is 0.417 e. The van der Waals surface area contributed by atoms with Crippen molar-refractivity contribution >= 4 is 45.5 Å². The molecule has 0 unspecified atom stereocenters.